The molecule has 1 aliphatic heterocycles. The molecule has 1 rings (SSSR count). The lowest BCUT2D eigenvalue weighted by Crippen LogP contribution is -2.60. The van der Waals surface area contributed by atoms with Crippen molar-refractivity contribution in [2.75, 3.05) is 19.8 Å². The van der Waals surface area contributed by atoms with Crippen LogP contribution in [0.25, 0.3) is 0 Å². The Balaban J connectivity index is 2.22. The molecular formula is C58H103NO10. The van der Waals surface area contributed by atoms with Gasteiger partial charge in [0.2, 0.25) is 5.91 Å². The summed E-state index contributed by atoms with van der Waals surface area (Å²) in [5.74, 6) is -0.319. The van der Waals surface area contributed by atoms with Crippen LogP contribution < -0.4 is 5.32 Å². The van der Waals surface area contributed by atoms with Crippen LogP contribution in [0.1, 0.15) is 232 Å². The number of unbranched alkanes of at least 4 members (excludes halogenated alkanes) is 25. The van der Waals surface area contributed by atoms with Crippen molar-refractivity contribution in [3.8, 4) is 0 Å². The summed E-state index contributed by atoms with van der Waals surface area (Å²) in [6.07, 6.45) is 50.2. The van der Waals surface area contributed by atoms with Crippen LogP contribution >= 0.6 is 0 Å². The number of carbonyl (C=O) groups excluding carboxylic acids is 2. The van der Waals surface area contributed by atoms with Gasteiger partial charge in [-0.3, -0.25) is 9.59 Å². The molecule has 11 heteroatoms. The van der Waals surface area contributed by atoms with E-state index >= 15 is 0 Å². The molecule has 1 fully saturated rings. The summed E-state index contributed by atoms with van der Waals surface area (Å²) in [6.45, 7) is 4.19. The Morgan fingerprint density at radius 2 is 1.00 bits per heavy atom. The fourth-order valence-corrected chi connectivity index (χ4v) is 8.32. The number of carbonyl (C=O) groups is 2. The lowest BCUT2D eigenvalue weighted by Gasteiger charge is -2.40. The molecule has 0 radical (unpaired) electrons. The van der Waals surface area contributed by atoms with Gasteiger partial charge in [0.25, 0.3) is 0 Å². The Bertz CT molecular complexity index is 1330. The van der Waals surface area contributed by atoms with Gasteiger partial charge in [-0.15, -0.1) is 0 Å². The number of ether oxygens (including phenoxy) is 3. The molecule has 7 unspecified atom stereocenters. The molecule has 0 aliphatic carbocycles. The molecule has 1 saturated heterocycles. The highest BCUT2D eigenvalue weighted by Crippen LogP contribution is 2.23. The first-order valence-corrected chi connectivity index (χ1v) is 28.1. The second kappa shape index (κ2) is 47.7. The minimum Gasteiger partial charge on any atom is -0.466 e. The van der Waals surface area contributed by atoms with E-state index in [1.54, 1.807) is 6.08 Å². The van der Waals surface area contributed by atoms with Gasteiger partial charge in [-0.1, -0.05) is 203 Å². The topological polar surface area (TPSA) is 175 Å². The van der Waals surface area contributed by atoms with Crippen molar-refractivity contribution in [1.29, 1.82) is 0 Å². The van der Waals surface area contributed by atoms with Crippen LogP contribution in [0.5, 0.6) is 0 Å². The second-order valence-electron chi connectivity index (χ2n) is 19.3. The van der Waals surface area contributed by atoms with Crippen LogP contribution in [-0.2, 0) is 23.8 Å². The number of esters is 1. The largest absolute Gasteiger partial charge is 0.466 e. The van der Waals surface area contributed by atoms with Gasteiger partial charge >= 0.3 is 5.97 Å². The Morgan fingerprint density at radius 3 is 1.54 bits per heavy atom. The first-order valence-electron chi connectivity index (χ1n) is 28.1. The van der Waals surface area contributed by atoms with E-state index in [1.165, 1.54) is 116 Å². The highest BCUT2D eigenvalue weighted by Gasteiger charge is 2.44. The Hall–Kier alpha value is -2.64. The zero-order chi connectivity index (χ0) is 50.3. The lowest BCUT2D eigenvalue weighted by molar-refractivity contribution is -0.302. The Morgan fingerprint density at radius 1 is 0.536 bits per heavy atom. The van der Waals surface area contributed by atoms with Gasteiger partial charge in [-0.2, -0.15) is 0 Å². The molecule has 69 heavy (non-hydrogen) atoms. The molecule has 0 saturated carbocycles. The molecule has 7 atom stereocenters. The number of hydrogen-bond donors (Lipinski definition) is 6. The smallest absolute Gasteiger partial charge is 0.305 e. The molecule has 0 aromatic heterocycles. The summed E-state index contributed by atoms with van der Waals surface area (Å²) in [4.78, 5) is 25.1. The molecule has 1 heterocycles. The Kier molecular flexibility index (Phi) is 44.5. The molecule has 400 valence electrons. The maximum absolute atomic E-state index is 13.0. The third-order valence-electron chi connectivity index (χ3n) is 12.9. The third kappa shape index (κ3) is 37.8. The highest BCUT2D eigenvalue weighted by molar-refractivity contribution is 5.76. The van der Waals surface area contributed by atoms with Crippen molar-refractivity contribution in [3.05, 3.63) is 60.8 Å². The zero-order valence-corrected chi connectivity index (χ0v) is 43.8. The van der Waals surface area contributed by atoms with E-state index in [2.05, 4.69) is 55.6 Å². The summed E-state index contributed by atoms with van der Waals surface area (Å²) in [5, 5.41) is 54.3. The fraction of sp³-hybridized carbons (Fsp3) is 0.793. The van der Waals surface area contributed by atoms with Crippen molar-refractivity contribution in [2.45, 2.75) is 275 Å². The quantitative estimate of drug-likeness (QED) is 0.0196. The number of rotatable bonds is 47. The summed E-state index contributed by atoms with van der Waals surface area (Å²) in [6, 6.07) is -0.856. The van der Waals surface area contributed by atoms with Crippen LogP contribution in [0.3, 0.4) is 0 Å². The lowest BCUT2D eigenvalue weighted by atomic mass is 9.99. The predicted octanol–water partition coefficient (Wildman–Crippen LogP) is 12.3. The highest BCUT2D eigenvalue weighted by atomic mass is 16.7. The average Bonchev–Trinajstić information content (AvgIpc) is 3.34. The van der Waals surface area contributed by atoms with Gasteiger partial charge in [0.15, 0.2) is 6.29 Å². The molecule has 1 amide bonds. The summed E-state index contributed by atoms with van der Waals surface area (Å²) in [7, 11) is 0. The summed E-state index contributed by atoms with van der Waals surface area (Å²) >= 11 is 0. The van der Waals surface area contributed by atoms with Gasteiger partial charge in [-0.25, -0.2) is 0 Å². The number of allylic oxidation sites excluding steroid dienone is 9. The standard InChI is InChI=1S/C58H103NO10/c1-3-5-7-9-11-13-15-17-20-24-28-32-36-40-44-51(61)50(49-68-58-57(66)56(65)55(64)52(48-60)69-58)59-53(62)45-41-37-33-29-25-21-19-23-27-31-35-39-43-47-67-54(63)46-42-38-34-30-26-22-18-16-14-12-10-8-6-4-2/h10,12,16,18,21,25,33,37,40,44,50-52,55-58,60-61,64-66H,3-9,11,13-15,17,19-20,22-24,26-32,34-36,38-39,41-43,45-49H2,1-2H3,(H,59,62)/b12-10-,18-16-,25-21-,37-33-,44-40+. The minimum absolute atomic E-state index is 0.0547. The number of aliphatic hydroxyl groups excluding tert-OH is 5. The van der Waals surface area contributed by atoms with Crippen molar-refractivity contribution in [1.82, 2.24) is 5.32 Å². The van der Waals surface area contributed by atoms with Crippen LogP contribution in [0, 0.1) is 0 Å². The predicted molar refractivity (Wildman–Crippen MR) is 283 cm³/mol. The van der Waals surface area contributed by atoms with Gasteiger partial charge in [0.05, 0.1) is 32.0 Å². The summed E-state index contributed by atoms with van der Waals surface area (Å²) < 4.78 is 16.6. The molecule has 0 aromatic carbocycles. The van der Waals surface area contributed by atoms with E-state index in [9.17, 15) is 35.1 Å². The minimum atomic E-state index is -1.59. The SMILES string of the molecule is CCCC/C=C\C/C=C\CCCCCCCC(=O)OCCCCCCCC/C=C\C/C=C\CCC(=O)NC(COC1OC(CO)C(O)C(O)C1O)C(O)/C=C/CCCCCCCCCCCCCC. The normalized spacial score (nSPS) is 19.8. The van der Waals surface area contributed by atoms with Crippen LogP contribution in [-0.4, -0.2) is 100 Å². The molecule has 0 spiro atoms. The molecule has 6 N–H and O–H groups in total. The monoisotopic (exact) mass is 974 g/mol. The summed E-state index contributed by atoms with van der Waals surface area (Å²) in [5.41, 5.74) is 0. The van der Waals surface area contributed by atoms with Crippen molar-refractivity contribution in [3.63, 3.8) is 0 Å². The fourth-order valence-electron chi connectivity index (χ4n) is 8.32. The van der Waals surface area contributed by atoms with Gasteiger partial charge < -0.3 is 45.1 Å². The van der Waals surface area contributed by atoms with Crippen LogP contribution in [0.4, 0.5) is 0 Å². The first kappa shape index (κ1) is 64.4. The van der Waals surface area contributed by atoms with E-state index < -0.39 is 49.5 Å². The van der Waals surface area contributed by atoms with Gasteiger partial charge in [0.1, 0.15) is 24.4 Å². The maximum Gasteiger partial charge on any atom is 0.305 e. The maximum atomic E-state index is 13.0. The Labute approximate surface area is 420 Å². The number of hydrogen-bond acceptors (Lipinski definition) is 10. The molecule has 0 bridgehead atoms. The van der Waals surface area contributed by atoms with Crippen LogP contribution in [0.15, 0.2) is 60.8 Å². The molecular weight excluding hydrogens is 871 g/mol. The van der Waals surface area contributed by atoms with E-state index in [0.29, 0.717) is 19.4 Å². The number of nitrogens with one attached hydrogen (secondary N) is 1. The molecule has 11 nitrogen and oxygen atoms in total. The molecule has 1 aliphatic rings. The van der Waals surface area contributed by atoms with E-state index in [-0.39, 0.29) is 24.9 Å². The van der Waals surface area contributed by atoms with Crippen LogP contribution in [0.2, 0.25) is 0 Å². The first-order chi connectivity index (χ1) is 33.7. The van der Waals surface area contributed by atoms with Crippen molar-refractivity contribution in [2.24, 2.45) is 0 Å². The van der Waals surface area contributed by atoms with E-state index in [4.69, 9.17) is 14.2 Å². The van der Waals surface area contributed by atoms with Crippen molar-refractivity contribution < 1.29 is 49.3 Å². The average molecular weight is 974 g/mol. The third-order valence-corrected chi connectivity index (χ3v) is 12.9. The second-order valence-corrected chi connectivity index (χ2v) is 19.3. The van der Waals surface area contributed by atoms with Gasteiger partial charge in [-0.05, 0) is 77.0 Å². The van der Waals surface area contributed by atoms with Gasteiger partial charge in [0, 0.05) is 12.8 Å². The zero-order valence-electron chi connectivity index (χ0n) is 43.8. The number of amides is 1. The number of aliphatic hydroxyl groups is 5. The molecule has 0 aromatic rings. The van der Waals surface area contributed by atoms with Crippen molar-refractivity contribution >= 4 is 11.9 Å². The van der Waals surface area contributed by atoms with E-state index in [0.717, 1.165) is 83.5 Å². The van der Waals surface area contributed by atoms with E-state index in [1.807, 2.05) is 18.2 Å².